The topological polar surface area (TPSA) is 67.4 Å². The van der Waals surface area contributed by atoms with E-state index in [-0.39, 0.29) is 17.0 Å². The molecule has 0 spiro atoms. The molecule has 1 aliphatic carbocycles. The Labute approximate surface area is 124 Å². The normalized spacial score (nSPS) is 22.6. The zero-order valence-electron chi connectivity index (χ0n) is 12.2. The molecule has 0 aromatic heterocycles. The van der Waals surface area contributed by atoms with Gasteiger partial charge in [-0.25, -0.2) is 17.5 Å². The molecule has 1 aromatic rings. The maximum Gasteiger partial charge on any atom is 0.243 e. The molecule has 0 saturated heterocycles. The van der Waals surface area contributed by atoms with Gasteiger partial charge in [0.15, 0.2) is 0 Å². The highest BCUT2D eigenvalue weighted by atomic mass is 32.2. The average Bonchev–Trinajstić information content (AvgIpc) is 2.87. The fraction of sp³-hybridized carbons (Fsp3) is 0.571. The predicted molar refractivity (Wildman–Crippen MR) is 77.9 cm³/mol. The van der Waals surface area contributed by atoms with Gasteiger partial charge in [0.25, 0.3) is 0 Å². The number of rotatable bonds is 6. The Bertz CT molecular complexity index is 592. The van der Waals surface area contributed by atoms with Crippen LogP contribution in [-0.2, 0) is 21.3 Å². The molecule has 0 amide bonds. The number of halogens is 1. The van der Waals surface area contributed by atoms with Crippen molar-refractivity contribution in [3.63, 3.8) is 0 Å². The average molecular weight is 316 g/mol. The number of sulfonamides is 1. The quantitative estimate of drug-likeness (QED) is 0.832. The Balaban J connectivity index is 2.24. The van der Waals surface area contributed by atoms with Gasteiger partial charge in [0, 0.05) is 19.7 Å². The van der Waals surface area contributed by atoms with E-state index in [1.807, 2.05) is 0 Å². The summed E-state index contributed by atoms with van der Waals surface area (Å²) in [6.45, 7) is 0.479. The molecule has 0 radical (unpaired) electrons. The number of hydrogen-bond donors (Lipinski definition) is 2. The van der Waals surface area contributed by atoms with Crippen LogP contribution < -0.4 is 10.0 Å². The predicted octanol–water partition coefficient (Wildman–Crippen LogP) is 1.39. The first kappa shape index (κ1) is 16.4. The van der Waals surface area contributed by atoms with Crippen molar-refractivity contribution in [2.75, 3.05) is 14.2 Å². The summed E-state index contributed by atoms with van der Waals surface area (Å²) in [5.74, 6) is -0.741. The molecule has 21 heavy (non-hydrogen) atoms. The van der Waals surface area contributed by atoms with Crippen molar-refractivity contribution >= 4 is 10.0 Å². The SMILES string of the molecule is CNCc1ccc(F)c(S(=O)(=O)NC2CCCC2OC)c1. The van der Waals surface area contributed by atoms with E-state index in [4.69, 9.17) is 4.74 Å². The van der Waals surface area contributed by atoms with Crippen LogP contribution in [0.5, 0.6) is 0 Å². The summed E-state index contributed by atoms with van der Waals surface area (Å²) in [5, 5.41) is 2.91. The van der Waals surface area contributed by atoms with Crippen molar-refractivity contribution in [2.24, 2.45) is 0 Å². The van der Waals surface area contributed by atoms with Gasteiger partial charge in [0.1, 0.15) is 10.7 Å². The van der Waals surface area contributed by atoms with Gasteiger partial charge in [0.05, 0.1) is 6.10 Å². The summed E-state index contributed by atoms with van der Waals surface area (Å²) >= 11 is 0. The van der Waals surface area contributed by atoms with E-state index < -0.39 is 15.8 Å². The van der Waals surface area contributed by atoms with Crippen molar-refractivity contribution in [2.45, 2.75) is 42.8 Å². The lowest BCUT2D eigenvalue weighted by atomic mass is 10.2. The van der Waals surface area contributed by atoms with Crippen LogP contribution in [0.2, 0.25) is 0 Å². The van der Waals surface area contributed by atoms with Crippen LogP contribution in [0.4, 0.5) is 4.39 Å². The number of hydrogen-bond acceptors (Lipinski definition) is 4. The van der Waals surface area contributed by atoms with Crippen molar-refractivity contribution in [3.8, 4) is 0 Å². The molecule has 0 heterocycles. The second-order valence-corrected chi connectivity index (χ2v) is 6.91. The Kier molecular flexibility index (Phi) is 5.32. The van der Waals surface area contributed by atoms with Crippen molar-refractivity contribution in [1.29, 1.82) is 0 Å². The third kappa shape index (κ3) is 3.79. The summed E-state index contributed by atoms with van der Waals surface area (Å²) < 4.78 is 46.5. The zero-order valence-corrected chi connectivity index (χ0v) is 13.0. The molecule has 0 bridgehead atoms. The molecule has 1 saturated carbocycles. The van der Waals surface area contributed by atoms with E-state index in [9.17, 15) is 12.8 Å². The lowest BCUT2D eigenvalue weighted by Gasteiger charge is -2.20. The Morgan fingerprint density at radius 1 is 1.38 bits per heavy atom. The van der Waals surface area contributed by atoms with Crippen LogP contribution in [-0.4, -0.2) is 34.7 Å². The second-order valence-electron chi connectivity index (χ2n) is 5.23. The first-order valence-electron chi connectivity index (χ1n) is 6.96. The second kappa shape index (κ2) is 6.83. The molecule has 1 aliphatic rings. The first-order chi connectivity index (χ1) is 9.97. The van der Waals surface area contributed by atoms with Crippen LogP contribution in [0.15, 0.2) is 23.1 Å². The molecule has 5 nitrogen and oxygen atoms in total. The molecule has 2 rings (SSSR count). The molecule has 0 aliphatic heterocycles. The third-order valence-electron chi connectivity index (χ3n) is 3.73. The molecular formula is C14H21FN2O3S. The Morgan fingerprint density at radius 3 is 2.81 bits per heavy atom. The van der Waals surface area contributed by atoms with Gasteiger partial charge in [-0.1, -0.05) is 6.07 Å². The van der Waals surface area contributed by atoms with Gasteiger partial charge in [-0.05, 0) is 44.0 Å². The zero-order chi connectivity index (χ0) is 15.5. The number of nitrogens with one attached hydrogen (secondary N) is 2. The van der Waals surface area contributed by atoms with E-state index >= 15 is 0 Å². The van der Waals surface area contributed by atoms with Crippen LogP contribution >= 0.6 is 0 Å². The van der Waals surface area contributed by atoms with Crippen molar-refractivity contribution < 1.29 is 17.5 Å². The summed E-state index contributed by atoms with van der Waals surface area (Å²) in [4.78, 5) is -0.308. The standard InChI is InChI=1S/C14H21FN2O3S/c1-16-9-10-6-7-11(15)14(8-10)21(18,19)17-12-4-3-5-13(12)20-2/h6-8,12-13,16-17H,3-5,9H2,1-2H3. The number of methoxy groups -OCH3 is 1. The highest BCUT2D eigenvalue weighted by Gasteiger charge is 2.32. The third-order valence-corrected chi connectivity index (χ3v) is 5.23. The molecule has 2 atom stereocenters. The molecule has 1 fully saturated rings. The van der Waals surface area contributed by atoms with E-state index in [0.29, 0.717) is 18.5 Å². The highest BCUT2D eigenvalue weighted by molar-refractivity contribution is 7.89. The Morgan fingerprint density at radius 2 is 2.14 bits per heavy atom. The van der Waals surface area contributed by atoms with E-state index in [1.54, 1.807) is 20.2 Å². The van der Waals surface area contributed by atoms with Gasteiger partial charge in [-0.3, -0.25) is 0 Å². The summed E-state index contributed by atoms with van der Waals surface area (Å²) in [6.07, 6.45) is 2.26. The fourth-order valence-corrected chi connectivity index (χ4v) is 4.10. The summed E-state index contributed by atoms with van der Waals surface area (Å²) in [5.41, 5.74) is 0.717. The minimum Gasteiger partial charge on any atom is -0.380 e. The molecular weight excluding hydrogens is 295 g/mol. The van der Waals surface area contributed by atoms with Crippen molar-refractivity contribution in [1.82, 2.24) is 10.0 Å². The molecule has 2 N–H and O–H groups in total. The molecule has 1 aromatic carbocycles. The fourth-order valence-electron chi connectivity index (χ4n) is 2.67. The number of benzene rings is 1. The molecule has 118 valence electrons. The smallest absolute Gasteiger partial charge is 0.243 e. The monoisotopic (exact) mass is 316 g/mol. The first-order valence-corrected chi connectivity index (χ1v) is 8.44. The van der Waals surface area contributed by atoms with Crippen LogP contribution in [0.3, 0.4) is 0 Å². The molecule has 7 heteroatoms. The van der Waals surface area contributed by atoms with Crippen LogP contribution in [0.25, 0.3) is 0 Å². The van der Waals surface area contributed by atoms with Gasteiger partial charge < -0.3 is 10.1 Å². The summed E-state index contributed by atoms with van der Waals surface area (Å²) in [7, 11) is -0.583. The Hall–Kier alpha value is -1.02. The van der Waals surface area contributed by atoms with Gasteiger partial charge >= 0.3 is 0 Å². The van der Waals surface area contributed by atoms with E-state index in [1.165, 1.54) is 12.1 Å². The van der Waals surface area contributed by atoms with Crippen LogP contribution in [0, 0.1) is 5.82 Å². The van der Waals surface area contributed by atoms with Crippen molar-refractivity contribution in [3.05, 3.63) is 29.6 Å². The molecule has 2 unspecified atom stereocenters. The lowest BCUT2D eigenvalue weighted by Crippen LogP contribution is -2.40. The van der Waals surface area contributed by atoms with Gasteiger partial charge in [0.2, 0.25) is 10.0 Å². The van der Waals surface area contributed by atoms with Gasteiger partial charge in [-0.15, -0.1) is 0 Å². The van der Waals surface area contributed by atoms with E-state index in [0.717, 1.165) is 12.8 Å². The maximum atomic E-state index is 13.9. The summed E-state index contributed by atoms with van der Waals surface area (Å²) in [6, 6.07) is 3.82. The lowest BCUT2D eigenvalue weighted by molar-refractivity contribution is 0.0916. The minimum absolute atomic E-state index is 0.150. The van der Waals surface area contributed by atoms with Gasteiger partial charge in [-0.2, -0.15) is 0 Å². The largest absolute Gasteiger partial charge is 0.380 e. The maximum absolute atomic E-state index is 13.9. The highest BCUT2D eigenvalue weighted by Crippen LogP contribution is 2.24. The number of ether oxygens (including phenoxy) is 1. The van der Waals surface area contributed by atoms with E-state index in [2.05, 4.69) is 10.0 Å². The minimum atomic E-state index is -3.89. The van der Waals surface area contributed by atoms with Crippen LogP contribution in [0.1, 0.15) is 24.8 Å².